The van der Waals surface area contributed by atoms with Gasteiger partial charge in [-0.3, -0.25) is 0 Å². The zero-order valence-electron chi connectivity index (χ0n) is 8.62. The molecule has 0 aromatic carbocycles. The van der Waals surface area contributed by atoms with Crippen LogP contribution in [-0.4, -0.2) is 29.3 Å². The summed E-state index contributed by atoms with van der Waals surface area (Å²) in [4.78, 5) is 0. The van der Waals surface area contributed by atoms with Gasteiger partial charge in [-0.25, -0.2) is 0 Å². The van der Waals surface area contributed by atoms with Crippen LogP contribution >= 0.6 is 23.5 Å². The maximum absolute atomic E-state index is 5.47. The van der Waals surface area contributed by atoms with Gasteiger partial charge in [0.1, 0.15) is 0 Å². The van der Waals surface area contributed by atoms with Crippen LogP contribution in [0.2, 0.25) is 0 Å². The number of thioether (sulfide) groups is 2. The van der Waals surface area contributed by atoms with Crippen LogP contribution < -0.4 is 0 Å². The summed E-state index contributed by atoms with van der Waals surface area (Å²) in [5, 5.41) is 0. The van der Waals surface area contributed by atoms with Crippen molar-refractivity contribution in [3.63, 3.8) is 0 Å². The summed E-state index contributed by atoms with van der Waals surface area (Å²) in [6.07, 6.45) is 5.57. The van der Waals surface area contributed by atoms with Crippen molar-refractivity contribution in [2.24, 2.45) is 0 Å². The van der Waals surface area contributed by atoms with E-state index in [0.29, 0.717) is 6.10 Å². The molecule has 13 heavy (non-hydrogen) atoms. The molecule has 0 aromatic heterocycles. The maximum Gasteiger partial charge on any atom is 0.0589 e. The fraction of sp³-hybridized carbons (Fsp3) is 1.00. The minimum absolute atomic E-state index is 0.494. The molecule has 1 aliphatic heterocycles. The van der Waals surface area contributed by atoms with Crippen LogP contribution in [0.5, 0.6) is 0 Å². The molecule has 3 heteroatoms. The van der Waals surface area contributed by atoms with Crippen LogP contribution in [0.3, 0.4) is 0 Å². The third-order valence-corrected chi connectivity index (χ3v) is 5.29. The molecule has 0 aromatic rings. The van der Waals surface area contributed by atoms with Crippen molar-refractivity contribution in [1.82, 2.24) is 0 Å². The smallest absolute Gasteiger partial charge is 0.0589 e. The lowest BCUT2D eigenvalue weighted by atomic mass is 10.1. The zero-order chi connectivity index (χ0) is 9.52. The van der Waals surface area contributed by atoms with Gasteiger partial charge < -0.3 is 4.74 Å². The van der Waals surface area contributed by atoms with Gasteiger partial charge in [-0.1, -0.05) is 13.3 Å². The second-order valence-corrected chi connectivity index (χ2v) is 6.33. The fourth-order valence-electron chi connectivity index (χ4n) is 1.54. The third-order valence-electron chi connectivity index (χ3n) is 2.30. The molecule has 0 bridgehead atoms. The highest BCUT2D eigenvalue weighted by molar-refractivity contribution is 8.17. The van der Waals surface area contributed by atoms with Crippen molar-refractivity contribution in [1.29, 1.82) is 0 Å². The van der Waals surface area contributed by atoms with E-state index in [-0.39, 0.29) is 0 Å². The molecule has 0 radical (unpaired) electrons. The van der Waals surface area contributed by atoms with Gasteiger partial charge >= 0.3 is 0 Å². The second-order valence-electron chi connectivity index (χ2n) is 3.41. The predicted molar refractivity (Wildman–Crippen MR) is 63.6 cm³/mol. The van der Waals surface area contributed by atoms with Gasteiger partial charge in [0.25, 0.3) is 0 Å². The molecule has 78 valence electrons. The quantitative estimate of drug-likeness (QED) is 0.703. The van der Waals surface area contributed by atoms with E-state index in [1.54, 1.807) is 0 Å². The molecular formula is C10H20OS2. The summed E-state index contributed by atoms with van der Waals surface area (Å²) in [5.74, 6) is 2.69. The van der Waals surface area contributed by atoms with Crippen molar-refractivity contribution in [3.05, 3.63) is 0 Å². The van der Waals surface area contributed by atoms with E-state index in [2.05, 4.69) is 30.4 Å². The molecule has 0 amide bonds. The fourth-order valence-corrected chi connectivity index (χ4v) is 4.54. The Labute approximate surface area is 90.4 Å². The molecule has 1 heterocycles. The van der Waals surface area contributed by atoms with Crippen LogP contribution in [0.4, 0.5) is 0 Å². The van der Waals surface area contributed by atoms with Gasteiger partial charge in [-0.2, -0.15) is 0 Å². The lowest BCUT2D eigenvalue weighted by molar-refractivity contribution is 0.0910. The Kier molecular flexibility index (Phi) is 6.33. The van der Waals surface area contributed by atoms with E-state index in [9.17, 15) is 0 Å². The van der Waals surface area contributed by atoms with Crippen LogP contribution in [0.25, 0.3) is 0 Å². The van der Waals surface area contributed by atoms with Crippen molar-refractivity contribution < 1.29 is 4.74 Å². The van der Waals surface area contributed by atoms with Gasteiger partial charge in [0, 0.05) is 7.11 Å². The average molecular weight is 220 g/mol. The Morgan fingerprint density at radius 3 is 2.62 bits per heavy atom. The van der Waals surface area contributed by atoms with E-state index in [4.69, 9.17) is 4.74 Å². The first-order chi connectivity index (χ1) is 6.36. The first-order valence-corrected chi connectivity index (χ1v) is 7.22. The normalized spacial score (nSPS) is 21.7. The van der Waals surface area contributed by atoms with Gasteiger partial charge in [0.05, 0.1) is 10.7 Å². The second kappa shape index (κ2) is 7.02. The maximum atomic E-state index is 5.47. The molecule has 1 rings (SSSR count). The van der Waals surface area contributed by atoms with Gasteiger partial charge in [-0.15, -0.1) is 23.5 Å². The molecule has 1 aliphatic rings. The summed E-state index contributed by atoms with van der Waals surface area (Å²) in [6.45, 7) is 2.23. The van der Waals surface area contributed by atoms with Crippen LogP contribution in [0.1, 0.15) is 32.6 Å². The highest BCUT2D eigenvalue weighted by Gasteiger charge is 2.18. The van der Waals surface area contributed by atoms with Crippen molar-refractivity contribution >= 4 is 23.5 Å². The molecular weight excluding hydrogens is 200 g/mol. The predicted octanol–water partition coefficient (Wildman–Crippen LogP) is 3.39. The van der Waals surface area contributed by atoms with Crippen molar-refractivity contribution in [2.45, 2.75) is 43.3 Å². The Balaban J connectivity index is 2.18. The number of methoxy groups -OCH3 is 1. The summed E-state index contributed by atoms with van der Waals surface area (Å²) < 4.78 is 6.26. The van der Waals surface area contributed by atoms with Crippen LogP contribution in [0, 0.1) is 0 Å². The number of hydrogen-bond donors (Lipinski definition) is 0. The summed E-state index contributed by atoms with van der Waals surface area (Å²) in [6, 6.07) is 0. The Bertz CT molecular complexity index is 121. The molecule has 0 spiro atoms. The monoisotopic (exact) mass is 220 g/mol. The highest BCUT2D eigenvalue weighted by atomic mass is 32.2. The van der Waals surface area contributed by atoms with Crippen molar-refractivity contribution in [3.8, 4) is 0 Å². The van der Waals surface area contributed by atoms with Crippen molar-refractivity contribution in [2.75, 3.05) is 18.6 Å². The molecule has 1 nitrogen and oxygen atoms in total. The Hall–Kier alpha value is 0.660. The Morgan fingerprint density at radius 1 is 1.38 bits per heavy atom. The number of ether oxygens (including phenoxy) is 1. The van der Waals surface area contributed by atoms with Gasteiger partial charge in [0.15, 0.2) is 0 Å². The highest BCUT2D eigenvalue weighted by Crippen LogP contribution is 2.34. The zero-order valence-corrected chi connectivity index (χ0v) is 10.3. The van der Waals surface area contributed by atoms with E-state index < -0.39 is 0 Å². The third kappa shape index (κ3) is 4.61. The molecule has 0 unspecified atom stereocenters. The topological polar surface area (TPSA) is 9.23 Å². The van der Waals surface area contributed by atoms with E-state index in [1.165, 1.54) is 37.2 Å². The van der Waals surface area contributed by atoms with E-state index >= 15 is 0 Å². The summed E-state index contributed by atoms with van der Waals surface area (Å²) >= 11 is 4.23. The minimum Gasteiger partial charge on any atom is -0.381 e. The molecule has 1 saturated heterocycles. The largest absolute Gasteiger partial charge is 0.381 e. The lowest BCUT2D eigenvalue weighted by Crippen LogP contribution is -2.18. The molecule has 1 atom stereocenters. The number of rotatable bonds is 5. The SMILES string of the molecule is CCC[C@H](CC1SCCCS1)OC. The molecule has 0 N–H and O–H groups in total. The lowest BCUT2D eigenvalue weighted by Gasteiger charge is -2.24. The van der Waals surface area contributed by atoms with Gasteiger partial charge in [-0.05, 0) is 30.8 Å². The van der Waals surface area contributed by atoms with Crippen LogP contribution in [-0.2, 0) is 4.74 Å². The molecule has 0 aliphatic carbocycles. The van der Waals surface area contributed by atoms with Crippen LogP contribution in [0.15, 0.2) is 0 Å². The van der Waals surface area contributed by atoms with E-state index in [0.717, 1.165) is 4.58 Å². The van der Waals surface area contributed by atoms with Gasteiger partial charge in [0.2, 0.25) is 0 Å². The summed E-state index contributed by atoms with van der Waals surface area (Å²) in [5.41, 5.74) is 0. The van der Waals surface area contributed by atoms with E-state index in [1.807, 2.05) is 7.11 Å². The first kappa shape index (κ1) is 11.7. The molecule has 1 fully saturated rings. The standard InChI is InChI=1S/C10H20OS2/c1-3-5-9(11-2)8-10-12-6-4-7-13-10/h9-10H,3-8H2,1-2H3/t9-/m1/s1. The first-order valence-electron chi connectivity index (χ1n) is 5.12. The number of hydrogen-bond acceptors (Lipinski definition) is 3. The minimum atomic E-state index is 0.494. The Morgan fingerprint density at radius 2 is 2.08 bits per heavy atom. The summed E-state index contributed by atoms with van der Waals surface area (Å²) in [7, 11) is 1.85. The molecule has 0 saturated carbocycles. The average Bonchev–Trinajstić information content (AvgIpc) is 2.19.